The van der Waals surface area contributed by atoms with Gasteiger partial charge >= 0.3 is 0 Å². The highest BCUT2D eigenvalue weighted by Crippen LogP contribution is 2.34. The quantitative estimate of drug-likeness (QED) is 0.735. The van der Waals surface area contributed by atoms with E-state index in [4.69, 9.17) is 28.9 Å². The number of hydrogen-bond donors (Lipinski definition) is 2. The topological polar surface area (TPSA) is 72.2 Å². The van der Waals surface area contributed by atoms with E-state index in [0.717, 1.165) is 10.0 Å². The van der Waals surface area contributed by atoms with E-state index < -0.39 is 10.0 Å². The van der Waals surface area contributed by atoms with Crippen LogP contribution >= 0.6 is 39.1 Å². The molecular formula is C13H11BrCl2N2O2S. The van der Waals surface area contributed by atoms with Gasteiger partial charge < -0.3 is 5.73 Å². The van der Waals surface area contributed by atoms with Gasteiger partial charge in [0.1, 0.15) is 4.90 Å². The second-order valence-corrected chi connectivity index (χ2v) is 7.62. The molecule has 0 fully saturated rings. The number of hydrogen-bond acceptors (Lipinski definition) is 3. The zero-order valence-electron chi connectivity index (χ0n) is 10.8. The molecule has 0 unspecified atom stereocenters. The Balaban J connectivity index is 2.51. The van der Waals surface area contributed by atoms with Crippen LogP contribution in [0.2, 0.25) is 10.0 Å². The van der Waals surface area contributed by atoms with Gasteiger partial charge in [0.25, 0.3) is 10.0 Å². The summed E-state index contributed by atoms with van der Waals surface area (Å²) in [5.74, 6) is 0. The van der Waals surface area contributed by atoms with Gasteiger partial charge in [-0.3, -0.25) is 4.72 Å². The number of nitrogens with two attached hydrogens (primary N) is 1. The summed E-state index contributed by atoms with van der Waals surface area (Å²) in [6.07, 6.45) is 0. The number of benzene rings is 2. The molecule has 0 radical (unpaired) electrons. The number of rotatable bonds is 3. The second-order valence-electron chi connectivity index (χ2n) is 4.33. The molecule has 0 aliphatic heterocycles. The summed E-state index contributed by atoms with van der Waals surface area (Å²) >= 11 is 15.3. The Hall–Kier alpha value is -0.950. The molecule has 2 aromatic carbocycles. The van der Waals surface area contributed by atoms with Gasteiger partial charge in [-0.25, -0.2) is 8.42 Å². The van der Waals surface area contributed by atoms with Crippen LogP contribution in [0.3, 0.4) is 0 Å². The van der Waals surface area contributed by atoms with E-state index in [1.165, 1.54) is 12.1 Å². The summed E-state index contributed by atoms with van der Waals surface area (Å²) < 4.78 is 28.2. The van der Waals surface area contributed by atoms with E-state index in [0.29, 0.717) is 11.4 Å². The Bertz CT molecular complexity index is 787. The number of halogens is 3. The van der Waals surface area contributed by atoms with Crippen LogP contribution < -0.4 is 10.5 Å². The third kappa shape index (κ3) is 3.45. The van der Waals surface area contributed by atoms with Crippen LogP contribution in [-0.2, 0) is 10.0 Å². The Morgan fingerprint density at radius 1 is 1.19 bits per heavy atom. The fraction of sp³-hybridized carbons (Fsp3) is 0.0769. The van der Waals surface area contributed by atoms with E-state index in [9.17, 15) is 8.42 Å². The molecular weight excluding hydrogens is 399 g/mol. The van der Waals surface area contributed by atoms with Gasteiger partial charge in [0, 0.05) is 10.2 Å². The van der Waals surface area contributed by atoms with Gasteiger partial charge in [0.05, 0.1) is 15.7 Å². The molecule has 4 nitrogen and oxygen atoms in total. The lowest BCUT2D eigenvalue weighted by molar-refractivity contribution is 0.601. The van der Waals surface area contributed by atoms with Crippen LogP contribution in [0.4, 0.5) is 11.4 Å². The van der Waals surface area contributed by atoms with Gasteiger partial charge in [0.2, 0.25) is 0 Å². The van der Waals surface area contributed by atoms with Crippen molar-refractivity contribution in [1.82, 2.24) is 0 Å². The molecule has 21 heavy (non-hydrogen) atoms. The van der Waals surface area contributed by atoms with Crippen molar-refractivity contribution in [2.24, 2.45) is 0 Å². The maximum absolute atomic E-state index is 12.5. The van der Waals surface area contributed by atoms with Gasteiger partial charge in [-0.05, 0) is 36.8 Å². The number of anilines is 2. The average Bonchev–Trinajstić information content (AvgIpc) is 2.33. The SMILES string of the molecule is Cc1c(Br)cccc1NS(=O)(=O)c1c(Cl)cc(N)cc1Cl. The number of nitrogens with one attached hydrogen (secondary N) is 1. The van der Waals surface area contributed by atoms with Crippen molar-refractivity contribution in [2.45, 2.75) is 11.8 Å². The van der Waals surface area contributed by atoms with Crippen LogP contribution in [0.5, 0.6) is 0 Å². The standard InChI is InChI=1S/C13H11BrCl2N2O2S/c1-7-9(14)3-2-4-12(7)18-21(19,20)13-10(15)5-8(17)6-11(13)16/h2-6,18H,17H2,1H3. The molecule has 0 amide bonds. The highest BCUT2D eigenvalue weighted by atomic mass is 79.9. The summed E-state index contributed by atoms with van der Waals surface area (Å²) in [7, 11) is -3.92. The van der Waals surface area contributed by atoms with E-state index in [1.807, 2.05) is 6.07 Å². The summed E-state index contributed by atoms with van der Waals surface area (Å²) in [4.78, 5) is -0.195. The number of sulfonamides is 1. The molecule has 2 rings (SSSR count). The molecule has 0 heterocycles. The molecule has 0 bridgehead atoms. The summed E-state index contributed by atoms with van der Waals surface area (Å²) in [6.45, 7) is 1.79. The minimum absolute atomic E-state index is 0.0276. The molecule has 0 atom stereocenters. The molecule has 0 aromatic heterocycles. The Morgan fingerprint density at radius 2 is 1.76 bits per heavy atom. The highest BCUT2D eigenvalue weighted by molar-refractivity contribution is 9.10. The second kappa shape index (κ2) is 6.04. The van der Waals surface area contributed by atoms with E-state index in [2.05, 4.69) is 20.7 Å². The van der Waals surface area contributed by atoms with Crippen LogP contribution in [0.15, 0.2) is 39.7 Å². The first-order valence-corrected chi connectivity index (χ1v) is 8.78. The lowest BCUT2D eigenvalue weighted by Crippen LogP contribution is -2.15. The first-order valence-electron chi connectivity index (χ1n) is 5.75. The predicted octanol–water partition coefficient (Wildman–Crippen LogP) is 4.45. The van der Waals surface area contributed by atoms with Crippen molar-refractivity contribution in [2.75, 3.05) is 10.5 Å². The van der Waals surface area contributed by atoms with Crippen molar-refractivity contribution >= 4 is 60.5 Å². The van der Waals surface area contributed by atoms with Crippen LogP contribution in [0.1, 0.15) is 5.56 Å². The Labute approximate surface area is 141 Å². The van der Waals surface area contributed by atoms with Gasteiger partial charge in [-0.15, -0.1) is 0 Å². The van der Waals surface area contributed by atoms with Gasteiger partial charge in [-0.2, -0.15) is 0 Å². The molecule has 3 N–H and O–H groups in total. The minimum atomic E-state index is -3.92. The maximum Gasteiger partial charge on any atom is 0.264 e. The van der Waals surface area contributed by atoms with E-state index >= 15 is 0 Å². The third-order valence-corrected chi connectivity index (χ3v) is 5.95. The molecule has 8 heteroatoms. The third-order valence-electron chi connectivity index (χ3n) is 2.80. The Morgan fingerprint density at radius 3 is 2.33 bits per heavy atom. The number of nitrogen functional groups attached to an aromatic ring is 1. The van der Waals surface area contributed by atoms with Crippen LogP contribution in [0.25, 0.3) is 0 Å². The smallest absolute Gasteiger partial charge is 0.264 e. The van der Waals surface area contributed by atoms with Crippen LogP contribution in [-0.4, -0.2) is 8.42 Å². The first kappa shape index (κ1) is 16.4. The molecule has 0 aliphatic carbocycles. The molecule has 0 spiro atoms. The summed E-state index contributed by atoms with van der Waals surface area (Å²) in [6, 6.07) is 7.87. The molecule has 0 saturated heterocycles. The Kier molecular flexibility index (Phi) is 4.72. The van der Waals surface area contributed by atoms with Crippen molar-refractivity contribution in [3.8, 4) is 0 Å². The summed E-state index contributed by atoms with van der Waals surface area (Å²) in [5, 5.41) is -0.0553. The molecule has 0 saturated carbocycles. The van der Waals surface area contributed by atoms with Crippen molar-refractivity contribution in [3.63, 3.8) is 0 Å². The van der Waals surface area contributed by atoms with Gasteiger partial charge in [0.15, 0.2) is 0 Å². The zero-order valence-corrected chi connectivity index (χ0v) is 14.7. The van der Waals surface area contributed by atoms with Crippen molar-refractivity contribution < 1.29 is 8.42 Å². The molecule has 112 valence electrons. The normalized spacial score (nSPS) is 11.4. The van der Waals surface area contributed by atoms with Crippen molar-refractivity contribution in [3.05, 3.63) is 50.4 Å². The lowest BCUT2D eigenvalue weighted by atomic mass is 10.2. The predicted molar refractivity (Wildman–Crippen MR) is 90.6 cm³/mol. The fourth-order valence-corrected chi connectivity index (χ4v) is 4.47. The average molecular weight is 410 g/mol. The summed E-state index contributed by atoms with van der Waals surface area (Å²) in [5.41, 5.74) is 7.06. The van der Waals surface area contributed by atoms with Gasteiger partial charge in [-0.1, -0.05) is 45.2 Å². The molecule has 2 aromatic rings. The van der Waals surface area contributed by atoms with Crippen LogP contribution in [0, 0.1) is 6.92 Å². The lowest BCUT2D eigenvalue weighted by Gasteiger charge is -2.14. The van der Waals surface area contributed by atoms with E-state index in [1.54, 1.807) is 19.1 Å². The minimum Gasteiger partial charge on any atom is -0.399 e. The highest BCUT2D eigenvalue weighted by Gasteiger charge is 2.23. The first-order chi connectivity index (χ1) is 9.72. The largest absolute Gasteiger partial charge is 0.399 e. The van der Waals surface area contributed by atoms with E-state index in [-0.39, 0.29) is 14.9 Å². The molecule has 0 aliphatic rings. The maximum atomic E-state index is 12.5. The van der Waals surface area contributed by atoms with Crippen molar-refractivity contribution in [1.29, 1.82) is 0 Å². The monoisotopic (exact) mass is 408 g/mol. The zero-order chi connectivity index (χ0) is 15.8. The fourth-order valence-electron chi connectivity index (χ4n) is 1.75.